The molecule has 1 aliphatic carbocycles. The number of hydrogen-bond acceptors (Lipinski definition) is 4. The topological polar surface area (TPSA) is 63.8 Å². The van der Waals surface area contributed by atoms with E-state index in [0.29, 0.717) is 16.8 Å². The fourth-order valence-corrected chi connectivity index (χ4v) is 3.22. The maximum Gasteiger partial charge on any atom is 0.149 e. The maximum absolute atomic E-state index is 6.36. The standard InChI is InChI=1S/C17H21ClN4.ClH/c1-11-6-7-14(10-20-11)22-17-15(18)8-13(9-21-17)16(19)12-4-2-3-5-12;/h6-10,12,16H,2-5,19H2,1H3,(H,21,22);1H/t16-;/m1./s1. The number of nitrogens with one attached hydrogen (secondary N) is 1. The number of rotatable bonds is 4. The summed E-state index contributed by atoms with van der Waals surface area (Å²) >= 11 is 6.36. The molecule has 23 heavy (non-hydrogen) atoms. The third-order valence-electron chi connectivity index (χ3n) is 4.33. The summed E-state index contributed by atoms with van der Waals surface area (Å²) in [5.74, 6) is 1.19. The van der Waals surface area contributed by atoms with Crippen molar-refractivity contribution in [2.75, 3.05) is 5.32 Å². The lowest BCUT2D eigenvalue weighted by atomic mass is 9.93. The molecule has 4 nitrogen and oxygen atoms in total. The highest BCUT2D eigenvalue weighted by atomic mass is 35.5. The molecule has 0 radical (unpaired) electrons. The van der Waals surface area contributed by atoms with Crippen LogP contribution in [-0.2, 0) is 0 Å². The van der Waals surface area contributed by atoms with Gasteiger partial charge in [-0.1, -0.05) is 24.4 Å². The second-order valence-corrected chi connectivity index (χ2v) is 6.39. The fourth-order valence-electron chi connectivity index (χ4n) is 2.99. The van der Waals surface area contributed by atoms with Crippen molar-refractivity contribution in [1.29, 1.82) is 0 Å². The molecule has 3 N–H and O–H groups in total. The van der Waals surface area contributed by atoms with Gasteiger partial charge in [-0.3, -0.25) is 4.98 Å². The first-order valence-corrected chi connectivity index (χ1v) is 8.12. The van der Waals surface area contributed by atoms with E-state index < -0.39 is 0 Å². The van der Waals surface area contributed by atoms with Gasteiger partial charge in [-0.2, -0.15) is 0 Å². The van der Waals surface area contributed by atoms with Gasteiger partial charge in [-0.15, -0.1) is 12.4 Å². The molecule has 0 spiro atoms. The zero-order chi connectivity index (χ0) is 15.5. The van der Waals surface area contributed by atoms with Gasteiger partial charge in [-0.25, -0.2) is 4.98 Å². The monoisotopic (exact) mass is 352 g/mol. The Bertz CT molecular complexity index is 640. The Hall–Kier alpha value is -1.36. The van der Waals surface area contributed by atoms with Crippen LogP contribution in [0.15, 0.2) is 30.6 Å². The summed E-state index contributed by atoms with van der Waals surface area (Å²) in [6, 6.07) is 5.86. The number of hydrogen-bond donors (Lipinski definition) is 2. The second-order valence-electron chi connectivity index (χ2n) is 5.98. The number of nitrogens with two attached hydrogens (primary N) is 1. The zero-order valence-corrected chi connectivity index (χ0v) is 14.7. The van der Waals surface area contributed by atoms with Crippen LogP contribution >= 0.6 is 24.0 Å². The third-order valence-corrected chi connectivity index (χ3v) is 4.62. The molecule has 0 unspecified atom stereocenters. The summed E-state index contributed by atoms with van der Waals surface area (Å²) in [7, 11) is 0. The summed E-state index contributed by atoms with van der Waals surface area (Å²) in [5, 5.41) is 3.78. The van der Waals surface area contributed by atoms with Gasteiger partial charge in [-0.05, 0) is 49.4 Å². The molecule has 0 aromatic carbocycles. The Morgan fingerprint density at radius 2 is 1.96 bits per heavy atom. The first kappa shape index (κ1) is 18.0. The van der Waals surface area contributed by atoms with Gasteiger partial charge in [0.1, 0.15) is 5.82 Å². The molecule has 0 aliphatic heterocycles. The summed E-state index contributed by atoms with van der Waals surface area (Å²) in [5.41, 5.74) is 9.22. The largest absolute Gasteiger partial charge is 0.338 e. The predicted molar refractivity (Wildman–Crippen MR) is 97.6 cm³/mol. The lowest BCUT2D eigenvalue weighted by Gasteiger charge is -2.19. The minimum atomic E-state index is 0. The summed E-state index contributed by atoms with van der Waals surface area (Å²) in [4.78, 5) is 8.69. The number of nitrogens with zero attached hydrogens (tertiary/aromatic N) is 2. The van der Waals surface area contributed by atoms with E-state index in [1.54, 1.807) is 6.20 Å². The van der Waals surface area contributed by atoms with E-state index in [-0.39, 0.29) is 18.4 Å². The first-order valence-electron chi connectivity index (χ1n) is 7.74. The molecular formula is C17H22Cl2N4. The van der Waals surface area contributed by atoms with Crippen LogP contribution in [0.25, 0.3) is 0 Å². The smallest absolute Gasteiger partial charge is 0.149 e. The summed E-state index contributed by atoms with van der Waals surface area (Å²) in [6.45, 7) is 1.95. The molecule has 1 saturated carbocycles. The number of pyridine rings is 2. The molecule has 2 heterocycles. The molecule has 1 fully saturated rings. The molecule has 0 saturated heterocycles. The Morgan fingerprint density at radius 3 is 2.57 bits per heavy atom. The molecule has 2 aromatic heterocycles. The summed E-state index contributed by atoms with van der Waals surface area (Å²) in [6.07, 6.45) is 8.56. The van der Waals surface area contributed by atoms with Crippen LogP contribution in [0.1, 0.15) is 43.0 Å². The minimum absolute atomic E-state index is 0. The van der Waals surface area contributed by atoms with Gasteiger partial charge in [0.05, 0.1) is 16.9 Å². The van der Waals surface area contributed by atoms with Gasteiger partial charge in [0.25, 0.3) is 0 Å². The highest BCUT2D eigenvalue weighted by molar-refractivity contribution is 6.33. The quantitative estimate of drug-likeness (QED) is 0.829. The Balaban J connectivity index is 0.00000192. The third kappa shape index (κ3) is 4.34. The number of anilines is 2. The van der Waals surface area contributed by atoms with E-state index in [4.69, 9.17) is 17.3 Å². The number of aryl methyl sites for hydroxylation is 1. The lowest BCUT2D eigenvalue weighted by Crippen LogP contribution is -2.19. The second kappa shape index (κ2) is 7.95. The lowest BCUT2D eigenvalue weighted by molar-refractivity contribution is 0.444. The zero-order valence-electron chi connectivity index (χ0n) is 13.1. The molecule has 2 aromatic rings. The molecule has 0 amide bonds. The van der Waals surface area contributed by atoms with Crippen molar-refractivity contribution in [1.82, 2.24) is 9.97 Å². The van der Waals surface area contributed by atoms with Gasteiger partial charge in [0.15, 0.2) is 0 Å². The van der Waals surface area contributed by atoms with Crippen molar-refractivity contribution in [2.24, 2.45) is 11.7 Å². The molecule has 0 bridgehead atoms. The van der Waals surface area contributed by atoms with E-state index in [0.717, 1.165) is 16.9 Å². The Morgan fingerprint density at radius 1 is 1.22 bits per heavy atom. The fraction of sp³-hybridized carbons (Fsp3) is 0.412. The van der Waals surface area contributed by atoms with Crippen LogP contribution in [0.2, 0.25) is 5.02 Å². The van der Waals surface area contributed by atoms with E-state index in [1.807, 2.05) is 31.3 Å². The predicted octanol–water partition coefficient (Wildman–Crippen LogP) is 4.79. The van der Waals surface area contributed by atoms with Crippen LogP contribution < -0.4 is 11.1 Å². The van der Waals surface area contributed by atoms with Crippen molar-refractivity contribution in [3.63, 3.8) is 0 Å². The van der Waals surface area contributed by atoms with Crippen molar-refractivity contribution in [2.45, 2.75) is 38.6 Å². The van der Waals surface area contributed by atoms with E-state index >= 15 is 0 Å². The summed E-state index contributed by atoms with van der Waals surface area (Å²) < 4.78 is 0. The average molecular weight is 353 g/mol. The van der Waals surface area contributed by atoms with E-state index in [9.17, 15) is 0 Å². The van der Waals surface area contributed by atoms with Crippen molar-refractivity contribution in [3.8, 4) is 0 Å². The Labute approximate surface area is 148 Å². The molecule has 6 heteroatoms. The van der Waals surface area contributed by atoms with Crippen LogP contribution in [0.4, 0.5) is 11.5 Å². The minimum Gasteiger partial charge on any atom is -0.338 e. The van der Waals surface area contributed by atoms with Crippen LogP contribution in [0.3, 0.4) is 0 Å². The van der Waals surface area contributed by atoms with Crippen LogP contribution in [-0.4, -0.2) is 9.97 Å². The molecular weight excluding hydrogens is 331 g/mol. The van der Waals surface area contributed by atoms with E-state index in [1.165, 1.54) is 25.7 Å². The van der Waals surface area contributed by atoms with Gasteiger partial charge in [0.2, 0.25) is 0 Å². The van der Waals surface area contributed by atoms with Gasteiger partial charge >= 0.3 is 0 Å². The van der Waals surface area contributed by atoms with Crippen molar-refractivity contribution in [3.05, 3.63) is 46.9 Å². The molecule has 1 atom stereocenters. The van der Waals surface area contributed by atoms with Gasteiger partial charge < -0.3 is 11.1 Å². The van der Waals surface area contributed by atoms with Crippen LogP contribution in [0, 0.1) is 12.8 Å². The van der Waals surface area contributed by atoms with E-state index in [2.05, 4.69) is 15.3 Å². The average Bonchev–Trinajstić information content (AvgIpc) is 3.05. The number of aromatic nitrogens is 2. The number of halogens is 2. The Kier molecular flexibility index (Phi) is 6.22. The van der Waals surface area contributed by atoms with Crippen LogP contribution in [0.5, 0.6) is 0 Å². The van der Waals surface area contributed by atoms with Crippen molar-refractivity contribution >= 4 is 35.5 Å². The molecule has 3 rings (SSSR count). The highest BCUT2D eigenvalue weighted by Gasteiger charge is 2.24. The SMILES string of the molecule is Cc1ccc(Nc2ncc([C@H](N)C3CCCC3)cc2Cl)cn1.Cl. The normalized spacial score (nSPS) is 16.0. The van der Waals surface area contributed by atoms with Gasteiger partial charge in [0, 0.05) is 17.9 Å². The molecule has 124 valence electrons. The highest BCUT2D eigenvalue weighted by Crippen LogP contribution is 2.35. The van der Waals surface area contributed by atoms with Crippen molar-refractivity contribution < 1.29 is 0 Å². The molecule has 1 aliphatic rings. The first-order chi connectivity index (χ1) is 10.6. The maximum atomic E-state index is 6.36.